The minimum Gasteiger partial charge on any atom is -0.464 e. The van der Waals surface area contributed by atoms with Crippen LogP contribution >= 0.6 is 0 Å². The predicted octanol–water partition coefficient (Wildman–Crippen LogP) is 2.41. The van der Waals surface area contributed by atoms with E-state index in [9.17, 15) is 9.59 Å². The molecule has 132 valence electrons. The van der Waals surface area contributed by atoms with E-state index in [0.29, 0.717) is 23.4 Å². The molecule has 0 bridgehead atoms. The van der Waals surface area contributed by atoms with Crippen molar-refractivity contribution in [3.8, 4) is 11.1 Å². The lowest BCUT2D eigenvalue weighted by atomic mass is 10.0. The summed E-state index contributed by atoms with van der Waals surface area (Å²) < 4.78 is 11.8. The van der Waals surface area contributed by atoms with E-state index in [0.717, 1.165) is 24.8 Å². The van der Waals surface area contributed by atoms with Crippen LogP contribution in [0.15, 0.2) is 23.1 Å². The van der Waals surface area contributed by atoms with Crippen molar-refractivity contribution in [1.29, 1.82) is 0 Å². The van der Waals surface area contributed by atoms with Crippen LogP contribution in [0.2, 0.25) is 0 Å². The molecule has 2 aromatic heterocycles. The average molecular weight is 343 g/mol. The van der Waals surface area contributed by atoms with Gasteiger partial charge in [0.15, 0.2) is 6.23 Å². The zero-order valence-corrected chi connectivity index (χ0v) is 14.6. The fourth-order valence-corrected chi connectivity index (χ4v) is 2.98. The zero-order chi connectivity index (χ0) is 18.0. The van der Waals surface area contributed by atoms with Gasteiger partial charge in [0.05, 0.1) is 12.7 Å². The van der Waals surface area contributed by atoms with E-state index in [1.54, 1.807) is 25.3 Å². The Morgan fingerprint density at radius 2 is 2.12 bits per heavy atom. The molecule has 2 aromatic rings. The van der Waals surface area contributed by atoms with Gasteiger partial charge in [0.2, 0.25) is 0 Å². The highest BCUT2D eigenvalue weighted by Gasteiger charge is 2.21. The van der Waals surface area contributed by atoms with Gasteiger partial charge in [-0.25, -0.2) is 14.5 Å². The van der Waals surface area contributed by atoms with Crippen LogP contribution in [0.4, 0.5) is 0 Å². The highest BCUT2D eigenvalue weighted by atomic mass is 16.5. The van der Waals surface area contributed by atoms with Crippen LogP contribution < -0.4 is 5.56 Å². The number of ether oxygens (including phenoxy) is 2. The Labute approximate surface area is 145 Å². The molecule has 25 heavy (non-hydrogen) atoms. The first-order chi connectivity index (χ1) is 12.0. The topological polar surface area (TPSA) is 83.3 Å². The van der Waals surface area contributed by atoms with Gasteiger partial charge >= 0.3 is 5.97 Å². The van der Waals surface area contributed by atoms with E-state index in [4.69, 9.17) is 9.47 Å². The summed E-state index contributed by atoms with van der Waals surface area (Å²) in [5.74, 6) is -0.533. The number of carbonyl (C=O) groups is 1. The largest absolute Gasteiger partial charge is 0.464 e. The molecule has 0 aromatic carbocycles. The third kappa shape index (κ3) is 3.32. The number of hydrogen-bond acceptors (Lipinski definition) is 6. The van der Waals surface area contributed by atoms with Gasteiger partial charge in [0.1, 0.15) is 5.69 Å². The van der Waals surface area contributed by atoms with Gasteiger partial charge in [-0.1, -0.05) is 0 Å². The second-order valence-electron chi connectivity index (χ2n) is 6.07. The number of rotatable bonds is 3. The molecule has 1 saturated heterocycles. The first-order valence-corrected chi connectivity index (χ1v) is 8.29. The second-order valence-corrected chi connectivity index (χ2v) is 6.07. The van der Waals surface area contributed by atoms with E-state index >= 15 is 0 Å². The summed E-state index contributed by atoms with van der Waals surface area (Å²) >= 11 is 0. The summed E-state index contributed by atoms with van der Waals surface area (Å²) in [5.41, 5.74) is 2.58. The highest BCUT2D eigenvalue weighted by molar-refractivity contribution is 5.89. The van der Waals surface area contributed by atoms with Gasteiger partial charge in [0, 0.05) is 18.5 Å². The van der Waals surface area contributed by atoms with Gasteiger partial charge in [0.25, 0.3) is 5.56 Å². The van der Waals surface area contributed by atoms with Crippen LogP contribution in [0.5, 0.6) is 0 Å². The van der Waals surface area contributed by atoms with Gasteiger partial charge in [-0.05, 0) is 56.4 Å². The van der Waals surface area contributed by atoms with Crippen molar-refractivity contribution in [3.63, 3.8) is 0 Å². The maximum Gasteiger partial charge on any atom is 0.356 e. The Morgan fingerprint density at radius 3 is 2.80 bits per heavy atom. The smallest absolute Gasteiger partial charge is 0.356 e. The van der Waals surface area contributed by atoms with Crippen LogP contribution in [0.3, 0.4) is 0 Å². The molecule has 3 heterocycles. The van der Waals surface area contributed by atoms with Crippen LogP contribution in [0.1, 0.15) is 47.2 Å². The number of aromatic nitrogens is 3. The van der Waals surface area contributed by atoms with E-state index in [2.05, 4.69) is 10.1 Å². The number of carbonyl (C=O) groups excluding carboxylic acids is 1. The first-order valence-electron chi connectivity index (χ1n) is 8.29. The molecule has 1 aliphatic rings. The first kappa shape index (κ1) is 17.3. The predicted molar refractivity (Wildman–Crippen MR) is 91.4 cm³/mol. The number of nitrogens with zero attached hydrogens (tertiary/aromatic N) is 3. The van der Waals surface area contributed by atoms with Crippen LogP contribution in [-0.4, -0.2) is 34.5 Å². The standard InChI is InChI=1S/C18H21N3O4/c1-11-12(2)20-15(18(23)24-3)10-14(11)13-7-8-19-21(17(13)22)16-6-4-5-9-25-16/h7-8,10,16H,4-6,9H2,1-3H3. The fraction of sp³-hybridized carbons (Fsp3) is 0.444. The fourth-order valence-electron chi connectivity index (χ4n) is 2.98. The monoisotopic (exact) mass is 343 g/mol. The minimum atomic E-state index is -0.533. The molecule has 0 saturated carbocycles. The van der Waals surface area contributed by atoms with Crippen LogP contribution in [0.25, 0.3) is 11.1 Å². The molecule has 7 nitrogen and oxygen atoms in total. The lowest BCUT2D eigenvalue weighted by Crippen LogP contribution is -2.31. The molecule has 1 atom stereocenters. The number of aryl methyl sites for hydroxylation is 1. The zero-order valence-electron chi connectivity index (χ0n) is 14.6. The van der Waals surface area contributed by atoms with E-state index in [1.807, 2.05) is 6.92 Å². The Hall–Kier alpha value is -2.54. The number of esters is 1. The molecule has 7 heteroatoms. The van der Waals surface area contributed by atoms with Crippen molar-refractivity contribution >= 4 is 5.97 Å². The molecule has 1 unspecified atom stereocenters. The quantitative estimate of drug-likeness (QED) is 0.796. The van der Waals surface area contributed by atoms with Crippen molar-refractivity contribution in [1.82, 2.24) is 14.8 Å². The summed E-state index contributed by atoms with van der Waals surface area (Å²) in [5, 5.41) is 4.19. The van der Waals surface area contributed by atoms with Crippen molar-refractivity contribution < 1.29 is 14.3 Å². The summed E-state index contributed by atoms with van der Waals surface area (Å²) in [6.07, 6.45) is 4.00. The van der Waals surface area contributed by atoms with Gasteiger partial charge in [-0.15, -0.1) is 0 Å². The third-order valence-electron chi connectivity index (χ3n) is 4.50. The van der Waals surface area contributed by atoms with Crippen molar-refractivity contribution in [2.45, 2.75) is 39.3 Å². The maximum atomic E-state index is 13.0. The van der Waals surface area contributed by atoms with Crippen molar-refractivity contribution in [2.24, 2.45) is 0 Å². The van der Waals surface area contributed by atoms with Crippen LogP contribution in [-0.2, 0) is 9.47 Å². The molecule has 0 radical (unpaired) electrons. The highest BCUT2D eigenvalue weighted by Crippen LogP contribution is 2.25. The van der Waals surface area contributed by atoms with Gasteiger partial charge in [-0.3, -0.25) is 4.79 Å². The number of pyridine rings is 1. The summed E-state index contributed by atoms with van der Waals surface area (Å²) in [7, 11) is 1.30. The number of methoxy groups -OCH3 is 1. The van der Waals surface area contributed by atoms with Gasteiger partial charge in [-0.2, -0.15) is 5.10 Å². The molecular formula is C18H21N3O4. The SMILES string of the molecule is COC(=O)c1cc(-c2ccnn(C3CCCCO3)c2=O)c(C)c(C)n1. The molecule has 3 rings (SSSR count). The third-order valence-corrected chi connectivity index (χ3v) is 4.50. The minimum absolute atomic E-state index is 0.178. The molecular weight excluding hydrogens is 322 g/mol. The molecule has 0 aliphatic carbocycles. The Bertz CT molecular complexity index is 854. The van der Waals surface area contributed by atoms with E-state index in [-0.39, 0.29) is 17.5 Å². The lowest BCUT2D eigenvalue weighted by molar-refractivity contribution is -0.0423. The Morgan fingerprint density at radius 1 is 1.32 bits per heavy atom. The van der Waals surface area contributed by atoms with E-state index in [1.165, 1.54) is 11.8 Å². The summed E-state index contributed by atoms with van der Waals surface area (Å²) in [4.78, 5) is 29.1. The second kappa shape index (κ2) is 7.14. The van der Waals surface area contributed by atoms with Crippen LogP contribution in [0, 0.1) is 13.8 Å². The molecule has 0 N–H and O–H groups in total. The van der Waals surface area contributed by atoms with Crippen molar-refractivity contribution in [2.75, 3.05) is 13.7 Å². The molecule has 1 fully saturated rings. The molecule has 1 aliphatic heterocycles. The number of hydrogen-bond donors (Lipinski definition) is 0. The summed E-state index contributed by atoms with van der Waals surface area (Å²) in [6, 6.07) is 3.25. The lowest BCUT2D eigenvalue weighted by Gasteiger charge is -2.23. The summed E-state index contributed by atoms with van der Waals surface area (Å²) in [6.45, 7) is 4.30. The Kier molecular flexibility index (Phi) is 4.94. The normalized spacial score (nSPS) is 17.3. The maximum absolute atomic E-state index is 13.0. The van der Waals surface area contributed by atoms with Gasteiger partial charge < -0.3 is 9.47 Å². The molecule has 0 spiro atoms. The van der Waals surface area contributed by atoms with E-state index < -0.39 is 5.97 Å². The Balaban J connectivity index is 2.12. The molecule has 0 amide bonds. The van der Waals surface area contributed by atoms with Crippen molar-refractivity contribution in [3.05, 3.63) is 45.6 Å². The average Bonchev–Trinajstić information content (AvgIpc) is 2.64.